The summed E-state index contributed by atoms with van der Waals surface area (Å²) in [6, 6.07) is 10.7. The second-order valence-corrected chi connectivity index (χ2v) is 8.19. The van der Waals surface area contributed by atoms with Crippen LogP contribution in [0.3, 0.4) is 0 Å². The molecule has 2 aromatic carbocycles. The number of nitrogens with one attached hydrogen (secondary N) is 1. The molecule has 6 nitrogen and oxygen atoms in total. The van der Waals surface area contributed by atoms with Gasteiger partial charge in [-0.25, -0.2) is 13.1 Å². The van der Waals surface area contributed by atoms with Gasteiger partial charge in [-0.05, 0) is 37.3 Å². The van der Waals surface area contributed by atoms with Crippen molar-refractivity contribution in [2.75, 3.05) is 6.61 Å². The van der Waals surface area contributed by atoms with Crippen LogP contribution in [-0.4, -0.2) is 26.7 Å². The van der Waals surface area contributed by atoms with E-state index in [1.165, 1.54) is 31.2 Å². The van der Waals surface area contributed by atoms with Gasteiger partial charge in [-0.3, -0.25) is 9.59 Å². The molecule has 0 aromatic heterocycles. The highest BCUT2D eigenvalue weighted by Gasteiger charge is 2.33. The zero-order chi connectivity index (χ0) is 18.2. The number of carbonyl (C=O) groups excluding carboxylic acids is 2. The number of halogens is 1. The lowest BCUT2D eigenvalue weighted by atomic mass is 10.0. The Labute approximate surface area is 153 Å². The van der Waals surface area contributed by atoms with Gasteiger partial charge in [-0.1, -0.05) is 28.1 Å². The van der Waals surface area contributed by atoms with E-state index in [1.54, 1.807) is 18.2 Å². The van der Waals surface area contributed by atoms with Gasteiger partial charge in [0.15, 0.2) is 5.78 Å². The van der Waals surface area contributed by atoms with Crippen molar-refractivity contribution in [1.29, 1.82) is 0 Å². The Bertz CT molecular complexity index is 954. The second kappa shape index (κ2) is 6.61. The molecular formula is C17H14BrNO5S. The van der Waals surface area contributed by atoms with Crippen LogP contribution in [0.25, 0.3) is 0 Å². The van der Waals surface area contributed by atoms with Crippen molar-refractivity contribution in [3.05, 3.63) is 58.1 Å². The summed E-state index contributed by atoms with van der Waals surface area (Å²) < 4.78 is 33.1. The molecule has 25 heavy (non-hydrogen) atoms. The Morgan fingerprint density at radius 2 is 1.84 bits per heavy atom. The number of benzene rings is 2. The summed E-state index contributed by atoms with van der Waals surface area (Å²) >= 11 is 3.32. The summed E-state index contributed by atoms with van der Waals surface area (Å²) in [6.07, 6.45) is 0. The first-order valence-electron chi connectivity index (χ1n) is 7.38. The van der Waals surface area contributed by atoms with Crippen LogP contribution in [0.4, 0.5) is 0 Å². The first-order chi connectivity index (χ1) is 11.8. The molecule has 1 atom stereocenters. The van der Waals surface area contributed by atoms with E-state index in [4.69, 9.17) is 4.74 Å². The van der Waals surface area contributed by atoms with E-state index in [2.05, 4.69) is 20.7 Å². The summed E-state index contributed by atoms with van der Waals surface area (Å²) in [7, 11) is -4.03. The number of ether oxygens (including phenoxy) is 1. The minimum atomic E-state index is -4.03. The molecule has 0 radical (unpaired) electrons. The number of hydrogen-bond acceptors (Lipinski definition) is 5. The normalized spacial score (nSPS) is 16.0. The van der Waals surface area contributed by atoms with E-state index in [1.807, 2.05) is 0 Å². The molecule has 0 saturated carbocycles. The Hall–Kier alpha value is -2.19. The highest BCUT2D eigenvalue weighted by molar-refractivity contribution is 9.10. The number of rotatable bonds is 4. The van der Waals surface area contributed by atoms with E-state index >= 15 is 0 Å². The van der Waals surface area contributed by atoms with Crippen LogP contribution < -0.4 is 9.46 Å². The Kier molecular flexibility index (Phi) is 4.66. The Morgan fingerprint density at radius 3 is 2.48 bits per heavy atom. The van der Waals surface area contributed by atoms with Crippen molar-refractivity contribution >= 4 is 37.6 Å². The summed E-state index contributed by atoms with van der Waals surface area (Å²) in [6.45, 7) is 1.47. The number of ketones is 1. The molecule has 0 fully saturated rings. The van der Waals surface area contributed by atoms with E-state index in [0.29, 0.717) is 16.9 Å². The molecule has 1 N–H and O–H groups in total. The average molecular weight is 424 g/mol. The van der Waals surface area contributed by atoms with Crippen LogP contribution >= 0.6 is 15.9 Å². The van der Waals surface area contributed by atoms with Gasteiger partial charge in [0.1, 0.15) is 18.3 Å². The molecule has 0 unspecified atom stereocenters. The molecule has 8 heteroatoms. The fourth-order valence-electron chi connectivity index (χ4n) is 2.53. The molecule has 0 bridgehead atoms. The molecule has 0 spiro atoms. The fraction of sp³-hybridized carbons (Fsp3) is 0.176. The number of hydrogen-bond donors (Lipinski definition) is 1. The van der Waals surface area contributed by atoms with Crippen molar-refractivity contribution in [2.45, 2.75) is 17.7 Å². The van der Waals surface area contributed by atoms with Crippen molar-refractivity contribution in [3.63, 3.8) is 0 Å². The maximum atomic E-state index is 12.4. The fourth-order valence-corrected chi connectivity index (χ4v) is 3.93. The lowest BCUT2D eigenvalue weighted by molar-refractivity contribution is -0.120. The van der Waals surface area contributed by atoms with Gasteiger partial charge in [0, 0.05) is 15.6 Å². The number of sulfonamides is 1. The van der Waals surface area contributed by atoms with Crippen molar-refractivity contribution in [3.8, 4) is 5.75 Å². The number of amides is 1. The highest BCUT2D eigenvalue weighted by atomic mass is 79.9. The van der Waals surface area contributed by atoms with Crippen LogP contribution in [0.2, 0.25) is 0 Å². The highest BCUT2D eigenvalue weighted by Crippen LogP contribution is 2.36. The molecule has 1 heterocycles. The minimum absolute atomic E-state index is 0.0798. The third-order valence-corrected chi connectivity index (χ3v) is 5.73. The molecule has 2 aromatic rings. The monoisotopic (exact) mass is 423 g/mol. The zero-order valence-corrected chi connectivity index (χ0v) is 15.6. The molecule has 1 amide bonds. The average Bonchev–Trinajstić information content (AvgIpc) is 2.97. The Balaban J connectivity index is 1.81. The quantitative estimate of drug-likeness (QED) is 0.763. The van der Waals surface area contributed by atoms with Crippen molar-refractivity contribution in [1.82, 2.24) is 4.72 Å². The molecule has 1 aliphatic rings. The van der Waals surface area contributed by atoms with Crippen LogP contribution in [0.5, 0.6) is 5.75 Å². The predicted molar refractivity (Wildman–Crippen MR) is 94.2 cm³/mol. The van der Waals surface area contributed by atoms with Gasteiger partial charge in [-0.2, -0.15) is 0 Å². The standard InChI is InChI=1S/C17H14BrNO5S/c1-10(20)11-2-5-13(6-3-11)25(22,23)19-17(21)15-9-24-16-7-4-12(18)8-14(15)16/h2-8,15H,9H2,1H3,(H,19,21)/t15-/m0/s1. The lowest BCUT2D eigenvalue weighted by Crippen LogP contribution is -2.35. The van der Waals surface area contributed by atoms with Gasteiger partial charge in [0.25, 0.3) is 10.0 Å². The predicted octanol–water partition coefficient (Wildman–Crippen LogP) is 2.63. The van der Waals surface area contributed by atoms with E-state index < -0.39 is 21.8 Å². The molecule has 0 saturated heterocycles. The zero-order valence-electron chi connectivity index (χ0n) is 13.2. The molecule has 1 aliphatic heterocycles. The first-order valence-corrected chi connectivity index (χ1v) is 9.65. The molecule has 3 rings (SSSR count). The second-order valence-electron chi connectivity index (χ2n) is 5.60. The van der Waals surface area contributed by atoms with Crippen LogP contribution in [0.1, 0.15) is 28.8 Å². The maximum absolute atomic E-state index is 12.4. The number of carbonyl (C=O) groups is 2. The number of fused-ring (bicyclic) bond motifs is 1. The van der Waals surface area contributed by atoms with E-state index in [-0.39, 0.29) is 17.3 Å². The maximum Gasteiger partial charge on any atom is 0.264 e. The first kappa shape index (κ1) is 17.6. The smallest absolute Gasteiger partial charge is 0.264 e. The van der Waals surface area contributed by atoms with Crippen molar-refractivity contribution < 1.29 is 22.7 Å². The van der Waals surface area contributed by atoms with Crippen LogP contribution in [0.15, 0.2) is 51.8 Å². The van der Waals surface area contributed by atoms with Gasteiger partial charge in [0.05, 0.1) is 4.90 Å². The van der Waals surface area contributed by atoms with Gasteiger partial charge >= 0.3 is 0 Å². The topological polar surface area (TPSA) is 89.5 Å². The summed E-state index contributed by atoms with van der Waals surface area (Å²) in [5.41, 5.74) is 1.03. The van der Waals surface area contributed by atoms with Crippen LogP contribution in [0, 0.1) is 0 Å². The number of Topliss-reactive ketones (excluding diaryl/α,β-unsaturated/α-hetero) is 1. The van der Waals surface area contributed by atoms with E-state index in [0.717, 1.165) is 4.47 Å². The van der Waals surface area contributed by atoms with Gasteiger partial charge in [-0.15, -0.1) is 0 Å². The SMILES string of the molecule is CC(=O)c1ccc(S(=O)(=O)NC(=O)[C@H]2COc3ccc(Br)cc32)cc1. The molecule has 0 aliphatic carbocycles. The summed E-state index contributed by atoms with van der Waals surface area (Å²) in [5.74, 6) is -0.976. The molecule has 130 valence electrons. The Morgan fingerprint density at radius 1 is 1.16 bits per heavy atom. The van der Waals surface area contributed by atoms with Crippen LogP contribution in [-0.2, 0) is 14.8 Å². The third-order valence-electron chi connectivity index (χ3n) is 3.88. The summed E-state index contributed by atoms with van der Waals surface area (Å²) in [5, 5.41) is 0. The summed E-state index contributed by atoms with van der Waals surface area (Å²) in [4.78, 5) is 23.6. The van der Waals surface area contributed by atoms with Gasteiger partial charge in [0.2, 0.25) is 5.91 Å². The lowest BCUT2D eigenvalue weighted by Gasteiger charge is -2.11. The van der Waals surface area contributed by atoms with E-state index in [9.17, 15) is 18.0 Å². The largest absolute Gasteiger partial charge is 0.492 e. The minimum Gasteiger partial charge on any atom is -0.492 e. The van der Waals surface area contributed by atoms with Gasteiger partial charge < -0.3 is 4.74 Å². The third kappa shape index (κ3) is 3.59. The van der Waals surface area contributed by atoms with Crippen molar-refractivity contribution in [2.24, 2.45) is 0 Å². The molecular weight excluding hydrogens is 410 g/mol.